The van der Waals surface area contributed by atoms with Gasteiger partial charge in [-0.3, -0.25) is 19.3 Å². The molecule has 0 saturated carbocycles. The first-order valence-electron chi connectivity index (χ1n) is 7.63. The van der Waals surface area contributed by atoms with Crippen LogP contribution in [-0.4, -0.2) is 22.6 Å². The van der Waals surface area contributed by atoms with E-state index in [2.05, 4.69) is 5.32 Å². The first-order valence-corrected chi connectivity index (χ1v) is 7.63. The predicted molar refractivity (Wildman–Crippen MR) is 85.5 cm³/mol. The Bertz CT molecular complexity index is 814. The van der Waals surface area contributed by atoms with Gasteiger partial charge in [-0.15, -0.1) is 0 Å². The number of amides is 3. The molecule has 0 unspecified atom stereocenters. The van der Waals surface area contributed by atoms with Crippen LogP contribution in [0.2, 0.25) is 0 Å². The second-order valence-corrected chi connectivity index (χ2v) is 5.62. The van der Waals surface area contributed by atoms with Gasteiger partial charge in [-0.25, -0.2) is 8.78 Å². The van der Waals surface area contributed by atoms with Gasteiger partial charge in [0.15, 0.2) is 0 Å². The Morgan fingerprint density at radius 3 is 2.08 bits per heavy atom. The molecule has 0 radical (unpaired) electrons. The minimum Gasteiger partial charge on any atom is -0.317 e. The van der Waals surface area contributed by atoms with Crippen molar-refractivity contribution in [3.05, 3.63) is 65.2 Å². The summed E-state index contributed by atoms with van der Waals surface area (Å²) in [6.45, 7) is 0.140. The maximum atomic E-state index is 13.6. The minimum atomic E-state index is -0.865. The maximum Gasteiger partial charge on any atom is 0.255 e. The van der Waals surface area contributed by atoms with Gasteiger partial charge >= 0.3 is 0 Å². The fourth-order valence-electron chi connectivity index (χ4n) is 2.55. The van der Waals surface area contributed by atoms with E-state index in [0.29, 0.717) is 5.56 Å². The smallest absolute Gasteiger partial charge is 0.255 e. The molecule has 2 aromatic rings. The largest absolute Gasteiger partial charge is 0.317 e. The molecule has 3 rings (SSSR count). The van der Waals surface area contributed by atoms with Crippen LogP contribution >= 0.6 is 0 Å². The highest BCUT2D eigenvalue weighted by molar-refractivity contribution is 6.04. The van der Waals surface area contributed by atoms with Gasteiger partial charge < -0.3 is 5.32 Å². The molecule has 0 bridgehead atoms. The first kappa shape index (κ1) is 16.8. The Kier molecular flexibility index (Phi) is 4.56. The third-order valence-corrected chi connectivity index (χ3v) is 3.91. The van der Waals surface area contributed by atoms with E-state index in [4.69, 9.17) is 0 Å². The number of halogens is 2. The molecule has 1 N–H and O–H groups in total. The quantitative estimate of drug-likeness (QED) is 0.868. The van der Waals surface area contributed by atoms with E-state index in [-0.39, 0.29) is 36.8 Å². The number of para-hydroxylation sites is 1. The molecule has 0 atom stereocenters. The van der Waals surface area contributed by atoms with E-state index in [9.17, 15) is 23.2 Å². The lowest BCUT2D eigenvalue weighted by Gasteiger charge is -2.14. The van der Waals surface area contributed by atoms with Crippen molar-refractivity contribution in [2.75, 3.05) is 5.32 Å². The van der Waals surface area contributed by atoms with Gasteiger partial charge in [-0.2, -0.15) is 0 Å². The van der Waals surface area contributed by atoms with Crippen LogP contribution in [0.1, 0.15) is 28.8 Å². The Morgan fingerprint density at radius 2 is 1.52 bits per heavy atom. The van der Waals surface area contributed by atoms with Crippen molar-refractivity contribution in [2.45, 2.75) is 19.4 Å². The maximum absolute atomic E-state index is 13.6. The summed E-state index contributed by atoms with van der Waals surface area (Å²) in [4.78, 5) is 36.5. The lowest BCUT2D eigenvalue weighted by atomic mass is 10.1. The number of anilines is 1. The third-order valence-electron chi connectivity index (χ3n) is 3.91. The molecule has 1 saturated heterocycles. The predicted octanol–water partition coefficient (Wildman–Crippen LogP) is 2.87. The Morgan fingerprint density at radius 1 is 0.960 bits per heavy atom. The number of nitrogens with one attached hydrogen (secondary N) is 1. The molecule has 7 heteroatoms. The number of rotatable bonds is 4. The number of carbonyl (C=O) groups is 3. The van der Waals surface area contributed by atoms with E-state index < -0.39 is 23.2 Å². The zero-order chi connectivity index (χ0) is 18.0. The fraction of sp³-hybridized carbons (Fsp3) is 0.167. The highest BCUT2D eigenvalue weighted by Crippen LogP contribution is 2.20. The van der Waals surface area contributed by atoms with E-state index in [0.717, 1.165) is 12.1 Å². The zero-order valence-corrected chi connectivity index (χ0v) is 13.1. The van der Waals surface area contributed by atoms with Crippen LogP contribution in [-0.2, 0) is 16.1 Å². The van der Waals surface area contributed by atoms with Gasteiger partial charge in [-0.1, -0.05) is 18.2 Å². The van der Waals surface area contributed by atoms with Crippen LogP contribution in [0.3, 0.4) is 0 Å². The lowest BCUT2D eigenvalue weighted by molar-refractivity contribution is -0.139. The van der Waals surface area contributed by atoms with Crippen molar-refractivity contribution < 1.29 is 23.2 Å². The second-order valence-electron chi connectivity index (χ2n) is 5.62. The molecule has 0 aliphatic carbocycles. The highest BCUT2D eigenvalue weighted by Gasteiger charge is 2.28. The monoisotopic (exact) mass is 344 g/mol. The van der Waals surface area contributed by atoms with Gasteiger partial charge in [0.05, 0.1) is 6.54 Å². The average molecular weight is 344 g/mol. The van der Waals surface area contributed by atoms with Gasteiger partial charge in [0.1, 0.15) is 17.3 Å². The third kappa shape index (κ3) is 3.55. The molecule has 5 nitrogen and oxygen atoms in total. The zero-order valence-electron chi connectivity index (χ0n) is 13.1. The van der Waals surface area contributed by atoms with Crippen molar-refractivity contribution in [2.24, 2.45) is 0 Å². The van der Waals surface area contributed by atoms with Crippen molar-refractivity contribution in [1.82, 2.24) is 4.90 Å². The van der Waals surface area contributed by atoms with Gasteiger partial charge in [0.25, 0.3) is 5.91 Å². The topological polar surface area (TPSA) is 66.5 Å². The van der Waals surface area contributed by atoms with E-state index >= 15 is 0 Å². The number of imide groups is 1. The van der Waals surface area contributed by atoms with Crippen LogP contribution in [0.25, 0.3) is 0 Å². The average Bonchev–Trinajstić information content (AvgIpc) is 2.91. The van der Waals surface area contributed by atoms with Gasteiger partial charge in [-0.05, 0) is 29.8 Å². The molecular weight excluding hydrogens is 330 g/mol. The summed E-state index contributed by atoms with van der Waals surface area (Å²) in [5.74, 6) is -2.83. The molecular formula is C18H14F2N2O3. The number of nitrogens with zero attached hydrogens (tertiary/aromatic N) is 1. The highest BCUT2D eigenvalue weighted by atomic mass is 19.1. The summed E-state index contributed by atoms with van der Waals surface area (Å²) in [7, 11) is 0. The normalized spacial score (nSPS) is 14.1. The van der Waals surface area contributed by atoms with Crippen LogP contribution in [0, 0.1) is 11.6 Å². The standard InChI is InChI=1S/C18H14F2N2O3/c19-13-2-1-3-14(20)17(13)21-18(25)12-6-4-11(5-7-12)10-22-15(23)8-9-16(22)24/h1-7H,8-10H2,(H,21,25). The molecule has 2 aromatic carbocycles. The summed E-state index contributed by atoms with van der Waals surface area (Å²) in [6.07, 6.45) is 0.432. The summed E-state index contributed by atoms with van der Waals surface area (Å²) < 4.78 is 27.1. The lowest BCUT2D eigenvalue weighted by Crippen LogP contribution is -2.28. The molecule has 128 valence electrons. The Labute approximate surface area is 142 Å². The summed E-state index contributed by atoms with van der Waals surface area (Å²) >= 11 is 0. The number of carbonyl (C=O) groups excluding carboxylic acids is 3. The summed E-state index contributed by atoms with van der Waals surface area (Å²) in [5, 5.41) is 2.19. The molecule has 1 fully saturated rings. The fourth-order valence-corrected chi connectivity index (χ4v) is 2.55. The van der Waals surface area contributed by atoms with Gasteiger partial charge in [0, 0.05) is 18.4 Å². The number of likely N-dealkylation sites (tertiary alicyclic amines) is 1. The summed E-state index contributed by atoms with van der Waals surface area (Å²) in [5.41, 5.74) is 0.368. The molecule has 1 heterocycles. The minimum absolute atomic E-state index is 0.140. The first-order chi connectivity index (χ1) is 12.0. The molecule has 3 amide bonds. The summed E-state index contributed by atoms with van der Waals surface area (Å²) in [6, 6.07) is 9.41. The number of hydrogen-bond donors (Lipinski definition) is 1. The Hall–Kier alpha value is -3.09. The van der Waals surface area contributed by atoms with Crippen LogP contribution in [0.5, 0.6) is 0 Å². The van der Waals surface area contributed by atoms with Crippen molar-refractivity contribution in [1.29, 1.82) is 0 Å². The van der Waals surface area contributed by atoms with Gasteiger partial charge in [0.2, 0.25) is 11.8 Å². The molecule has 1 aliphatic rings. The SMILES string of the molecule is O=C(Nc1c(F)cccc1F)c1ccc(CN2C(=O)CCC2=O)cc1. The van der Waals surface area contributed by atoms with E-state index in [1.54, 1.807) is 12.1 Å². The second kappa shape index (κ2) is 6.80. The van der Waals surface area contributed by atoms with Crippen molar-refractivity contribution >= 4 is 23.4 Å². The van der Waals surface area contributed by atoms with Crippen LogP contribution in [0.15, 0.2) is 42.5 Å². The molecule has 0 aromatic heterocycles. The number of hydrogen-bond acceptors (Lipinski definition) is 3. The van der Waals surface area contributed by atoms with E-state index in [1.807, 2.05) is 0 Å². The van der Waals surface area contributed by atoms with Crippen molar-refractivity contribution in [3.8, 4) is 0 Å². The van der Waals surface area contributed by atoms with Crippen LogP contribution in [0.4, 0.5) is 14.5 Å². The number of benzene rings is 2. The molecule has 0 spiro atoms. The van der Waals surface area contributed by atoms with E-state index in [1.165, 1.54) is 23.1 Å². The molecule has 25 heavy (non-hydrogen) atoms. The van der Waals surface area contributed by atoms with Crippen molar-refractivity contribution in [3.63, 3.8) is 0 Å². The Balaban J connectivity index is 1.70. The molecule has 1 aliphatic heterocycles. The van der Waals surface area contributed by atoms with Crippen LogP contribution < -0.4 is 5.32 Å².